The molecule has 0 amide bonds. The molecule has 666 valence electrons. The van der Waals surface area contributed by atoms with E-state index >= 15 is 0 Å². The van der Waals surface area contributed by atoms with Crippen LogP contribution in [0.3, 0.4) is 0 Å². The summed E-state index contributed by atoms with van der Waals surface area (Å²) >= 11 is 12.5. The van der Waals surface area contributed by atoms with Crippen LogP contribution in [-0.2, 0) is 136 Å². The molecule has 58 heteroatoms. The molecule has 0 aliphatic heterocycles. The van der Waals surface area contributed by atoms with Crippen molar-refractivity contribution in [1.82, 2.24) is 29.9 Å². The second-order valence-corrected chi connectivity index (χ2v) is 33.5. The maximum atomic E-state index is 12.9. The van der Waals surface area contributed by atoms with Crippen molar-refractivity contribution in [3.63, 3.8) is 0 Å². The maximum absolute atomic E-state index is 12.9. The third kappa shape index (κ3) is 31.7. The van der Waals surface area contributed by atoms with E-state index in [9.17, 15) is 88.5 Å². The predicted molar refractivity (Wildman–Crippen MR) is 436 cm³/mol. The molecule has 10 aromatic rings. The summed E-state index contributed by atoms with van der Waals surface area (Å²) in [6, 6.07) is 36.8. The monoisotopic (exact) mass is 2010 g/mol. The summed E-state index contributed by atoms with van der Waals surface area (Å²) in [5.74, 6) is -3.76. The third-order valence-electron chi connectivity index (χ3n) is 15.1. The van der Waals surface area contributed by atoms with E-state index in [2.05, 4.69) is 92.8 Å². The number of aromatic hydroxyl groups is 2. The first-order valence-electron chi connectivity index (χ1n) is 33.0. The van der Waals surface area contributed by atoms with Gasteiger partial charge in [-0.05, 0) is 151 Å². The van der Waals surface area contributed by atoms with Crippen molar-refractivity contribution in [2.45, 2.75) is 44.7 Å². The number of nitrogens with one attached hydrogen (secondary N) is 2. The van der Waals surface area contributed by atoms with Crippen LogP contribution in [0.4, 0.5) is 69.3 Å². The van der Waals surface area contributed by atoms with Crippen LogP contribution in [0.15, 0.2) is 238 Å². The number of phenolic OH excluding ortho intramolecular Hbond substituents is 2. The van der Waals surface area contributed by atoms with Crippen LogP contribution in [0.25, 0.3) is 10.9 Å². The minimum absolute atomic E-state index is 0. The second kappa shape index (κ2) is 46.2. The van der Waals surface area contributed by atoms with E-state index in [1.807, 2.05) is 31.2 Å². The number of carbonyl (C=O) groups excluding carboxylic acids is 2. The van der Waals surface area contributed by atoms with E-state index in [-0.39, 0.29) is 120 Å². The van der Waals surface area contributed by atoms with Gasteiger partial charge in [0.1, 0.15) is 11.5 Å². The number of nitrogens with zero attached hydrogens (tertiary/aromatic N) is 16. The molecule has 0 saturated heterocycles. The van der Waals surface area contributed by atoms with Gasteiger partial charge in [-0.3, -0.25) is 22.8 Å². The molecule has 0 bridgehead atoms. The molecule has 9 N–H and O–H groups in total. The molecule has 125 heavy (non-hydrogen) atoms. The summed E-state index contributed by atoms with van der Waals surface area (Å²) in [7, 11) is -34.4. The molecule has 2 aromatic heterocycles. The Morgan fingerprint density at radius 3 is 1.23 bits per heavy atom. The van der Waals surface area contributed by atoms with Gasteiger partial charge < -0.3 is 61.3 Å². The van der Waals surface area contributed by atoms with Gasteiger partial charge in [0, 0.05) is 35.6 Å². The van der Waals surface area contributed by atoms with Crippen LogP contribution < -0.4 is 20.4 Å². The molecule has 46 nitrogen and oxygen atoms in total. The van der Waals surface area contributed by atoms with Crippen LogP contribution in [-0.4, -0.2) is 188 Å². The van der Waals surface area contributed by atoms with E-state index in [1.165, 1.54) is 77.7 Å². The van der Waals surface area contributed by atoms with Crippen LogP contribution >= 0.6 is 23.2 Å². The van der Waals surface area contributed by atoms with Crippen molar-refractivity contribution < 1.29 is 157 Å². The van der Waals surface area contributed by atoms with Gasteiger partial charge in [0.05, 0.1) is 60.8 Å². The molecule has 0 saturated carbocycles. The number of hydrogen-bond donors (Lipinski definition) is 9. The van der Waals surface area contributed by atoms with Crippen molar-refractivity contribution >= 4 is 199 Å². The average Bonchev–Trinajstić information content (AvgIpc) is 0.802. The number of rotatable bonds is 31. The first kappa shape index (κ1) is 104. The summed E-state index contributed by atoms with van der Waals surface area (Å²) in [6.45, 7) is 6.88. The van der Waals surface area contributed by atoms with Crippen molar-refractivity contribution in [2.24, 2.45) is 30.7 Å². The van der Waals surface area contributed by atoms with Crippen LogP contribution in [0.2, 0.25) is 10.6 Å². The number of sulfone groups is 1. The van der Waals surface area contributed by atoms with E-state index < -0.39 is 159 Å². The fraction of sp³-hybridized carbons (Fsp3) is 0.104. The Kier molecular flexibility index (Phi) is 38.3. The number of halogens is 2. The minimum Gasteiger partial charge on any atom is -0.571 e. The van der Waals surface area contributed by atoms with Gasteiger partial charge in [-0.2, -0.15) is 84.1 Å². The van der Waals surface area contributed by atoms with Gasteiger partial charge in [0.25, 0.3) is 40.5 Å². The zero-order valence-electron chi connectivity index (χ0n) is 62.5. The zero-order chi connectivity index (χ0) is 91.0. The van der Waals surface area contributed by atoms with Crippen LogP contribution in [0.5, 0.6) is 11.5 Å². The fourth-order valence-corrected chi connectivity index (χ4v) is 13.6. The first-order chi connectivity index (χ1) is 57.7. The molecule has 0 aliphatic rings. The van der Waals surface area contributed by atoms with E-state index in [0.717, 1.165) is 71.9 Å². The molecule has 0 unspecified atom stereocenters. The average molecular weight is 2020 g/mol. The first-order valence-corrected chi connectivity index (χ1v) is 44.6. The maximum Gasteiger partial charge on any atom is 2.00 e. The summed E-state index contributed by atoms with van der Waals surface area (Å²) in [5.41, 5.74) is 8.08. The molecule has 0 aliphatic carbocycles. The van der Waals surface area contributed by atoms with Crippen LogP contribution in [0, 0.1) is 0 Å². The Morgan fingerprint density at radius 1 is 0.496 bits per heavy atom. The van der Waals surface area contributed by atoms with Gasteiger partial charge in [-0.25, -0.2) is 22.8 Å². The Bertz CT molecular complexity index is 6760. The quantitative estimate of drug-likeness (QED) is 0.00224. The van der Waals surface area contributed by atoms with E-state index in [0.29, 0.717) is 13.0 Å². The SMILES string of the molecule is C=CCc1cccc(N(CC)c2nc(Cl)nc(Nc3cc(S(=O)(=O)O)cc([N-]N=C(N=Nc4ccccc4[C-]=O)c4ccc(S(=O)(=O)O)cc4)c3O)n2)c1.CCN(c1cccc(S(=O)(=O)CCOS(=O)(=O)O)c1)c1nc(Cl)nc(Nc2cc(S(=O)(=O)O)cc([N-]N=C(N=Nc3ccccc3[C-]=O)c3ccc(S(=O)(=O)O)cc3)c2O)n1.O=S(=O)=O.O=S(=O)=O.[Cu+2].[Cu+2]. The van der Waals surface area contributed by atoms with Crippen molar-refractivity contribution in [3.05, 3.63) is 232 Å². The summed E-state index contributed by atoms with van der Waals surface area (Å²) in [5, 5.41) is 51.1. The normalized spacial score (nSPS) is 11.8. The Labute approximate surface area is 743 Å². The standard InChI is InChI=1S/C34H28ClN9O8S2.C33H28ClN9O14S4.2Cu.2O3S/c1-3-8-21-9-7-11-24(17-21)44(4-2)34-38-32(35)37-33(39-34)36-28-18-26(54(50,51)52)19-29(30(28)46)41-43-31(22-13-15-25(16-14-22)53(47,48)49)42-40-27-12-6-5-10-23(27)20-45;1-2-43(22-7-5-8-24(16-22)58(46,47)15-14-57-61(54,55)56)33-37-31(34)36-32(38-33)35-27-17-25(60(51,52)53)18-28(29(27)45)40-42-30(20-10-12-23(13-11-20)59(48,49)50)41-39-26-9-4-3-6-21(26)19-44;;;2*1-4(2)3/h3,5-7,9-19H,1,4,8H2,2H3,(H4-,36,37,38,39,40,41,42,43,45,46,47,48,49,50,51,52);3-13,16-18H,2,14-15H2,1H3,(H5-,35,36,37,38,39,40,41,42,44,45,48,49,50,51,52,53,54,55,56);;;;/q2*-2;2*+2;;. The molecule has 0 atom stereocenters. The molecule has 0 spiro atoms. The van der Waals surface area contributed by atoms with Gasteiger partial charge in [-0.1, -0.05) is 72.0 Å². The van der Waals surface area contributed by atoms with Crippen LogP contribution in [0.1, 0.15) is 41.7 Å². The fourth-order valence-electron chi connectivity index (χ4n) is 9.73. The van der Waals surface area contributed by atoms with Gasteiger partial charge >= 0.3 is 65.8 Å². The number of hydrogen-bond acceptors (Lipinski definition) is 37. The predicted octanol–water partition coefficient (Wildman–Crippen LogP) is 9.78. The van der Waals surface area contributed by atoms with Gasteiger partial charge in [0.2, 0.25) is 34.4 Å². The summed E-state index contributed by atoms with van der Waals surface area (Å²) in [4.78, 5) is 48.2. The number of benzene rings is 8. The van der Waals surface area contributed by atoms with Crippen molar-refractivity contribution in [2.75, 3.05) is 45.9 Å². The van der Waals surface area contributed by atoms with E-state index in [1.54, 1.807) is 42.6 Å². The number of anilines is 8. The van der Waals surface area contributed by atoms with Crippen molar-refractivity contribution in [3.8, 4) is 11.5 Å². The Balaban J connectivity index is 0.000000405. The largest absolute Gasteiger partial charge is 2.00 e. The summed E-state index contributed by atoms with van der Waals surface area (Å²) < 4.78 is 246. The topological polar surface area (TPSA) is 702 Å². The molecular formula is C67H56Cl2Cu2N18O28S8. The number of azo groups is 2. The number of phenols is 2. The number of amidine groups is 2. The number of allylic oxidation sites excluding steroid dienone is 1. The molecule has 10 rings (SSSR count). The molecule has 2 heterocycles. The Hall–Kier alpha value is -11.9. The van der Waals surface area contributed by atoms with Crippen molar-refractivity contribution in [1.29, 1.82) is 0 Å². The van der Waals surface area contributed by atoms with E-state index in [4.69, 9.17) is 53.0 Å². The van der Waals surface area contributed by atoms with Gasteiger partial charge in [0.15, 0.2) is 21.5 Å². The zero-order valence-corrected chi connectivity index (χ0v) is 72.4. The Morgan fingerprint density at radius 2 is 0.872 bits per heavy atom. The second-order valence-electron chi connectivity index (χ2n) is 23.1. The molecule has 2 radical (unpaired) electrons. The minimum atomic E-state index is -5.02. The molecular weight excluding hydrogens is 1960 g/mol. The third-order valence-corrected chi connectivity index (χ3v) is 20.9. The smallest absolute Gasteiger partial charge is 0.571 e. The molecule has 8 aromatic carbocycles. The van der Waals surface area contributed by atoms with Gasteiger partial charge in [-0.15, -0.1) is 65.3 Å². The number of aromatic nitrogens is 6. The summed E-state index contributed by atoms with van der Waals surface area (Å²) in [6.07, 6.45) is 5.78. The molecule has 0 fully saturated rings.